The molecule has 1 aromatic heterocycles. The quantitative estimate of drug-likeness (QED) is 0.936. The molecule has 0 fully saturated rings. The highest BCUT2D eigenvalue weighted by Crippen LogP contribution is 2.37. The molecule has 1 aliphatic rings. The maximum absolute atomic E-state index is 12.6. The molecule has 0 bridgehead atoms. The predicted octanol–water partition coefficient (Wildman–Crippen LogP) is 3.48. The van der Waals surface area contributed by atoms with Crippen LogP contribution in [0.15, 0.2) is 42.7 Å². The molecule has 1 aromatic carbocycles. The van der Waals surface area contributed by atoms with Crippen molar-refractivity contribution >= 4 is 6.03 Å². The molecule has 0 saturated heterocycles. The van der Waals surface area contributed by atoms with Crippen molar-refractivity contribution in [2.45, 2.75) is 31.8 Å². The van der Waals surface area contributed by atoms with Gasteiger partial charge in [0.15, 0.2) is 0 Å². The number of carbonyl (C=O) groups excluding carboxylic acids is 1. The molecule has 1 heterocycles. The van der Waals surface area contributed by atoms with Crippen molar-refractivity contribution in [3.63, 3.8) is 0 Å². The minimum Gasteiger partial charge on any atom is -0.496 e. The van der Waals surface area contributed by atoms with Crippen molar-refractivity contribution in [2.75, 3.05) is 14.2 Å². The van der Waals surface area contributed by atoms with E-state index in [1.807, 2.05) is 38.2 Å². The van der Waals surface area contributed by atoms with E-state index in [9.17, 15) is 4.79 Å². The Labute approximate surface area is 142 Å². The number of benzene rings is 1. The van der Waals surface area contributed by atoms with Gasteiger partial charge >= 0.3 is 6.03 Å². The Morgan fingerprint density at radius 2 is 2.21 bits per heavy atom. The monoisotopic (exact) mass is 325 g/mol. The summed E-state index contributed by atoms with van der Waals surface area (Å²) in [6.07, 6.45) is 5.35. The summed E-state index contributed by atoms with van der Waals surface area (Å²) in [5.74, 6) is 0.904. The topological polar surface area (TPSA) is 54.5 Å². The number of aromatic nitrogens is 1. The van der Waals surface area contributed by atoms with Crippen molar-refractivity contribution in [3.8, 4) is 5.75 Å². The fraction of sp³-hybridized carbons (Fsp3) is 0.368. The molecule has 2 atom stereocenters. The van der Waals surface area contributed by atoms with Crippen LogP contribution in [0.2, 0.25) is 0 Å². The van der Waals surface area contributed by atoms with Crippen LogP contribution in [0.1, 0.15) is 42.1 Å². The fourth-order valence-corrected chi connectivity index (χ4v) is 3.24. The molecule has 24 heavy (non-hydrogen) atoms. The van der Waals surface area contributed by atoms with Crippen LogP contribution in [0.5, 0.6) is 5.75 Å². The van der Waals surface area contributed by atoms with E-state index in [1.165, 1.54) is 5.56 Å². The molecule has 0 unspecified atom stereocenters. The summed E-state index contributed by atoms with van der Waals surface area (Å²) >= 11 is 0. The molecule has 0 spiro atoms. The van der Waals surface area contributed by atoms with Gasteiger partial charge in [0, 0.05) is 19.4 Å². The number of urea groups is 1. The van der Waals surface area contributed by atoms with E-state index >= 15 is 0 Å². The summed E-state index contributed by atoms with van der Waals surface area (Å²) in [4.78, 5) is 18.5. The van der Waals surface area contributed by atoms with E-state index in [0.29, 0.717) is 0 Å². The average molecular weight is 325 g/mol. The number of fused-ring (bicyclic) bond motifs is 1. The molecule has 3 rings (SSSR count). The normalized spacial score (nSPS) is 17.0. The number of pyridine rings is 1. The number of methoxy groups -OCH3 is 1. The highest BCUT2D eigenvalue weighted by atomic mass is 16.5. The molecule has 126 valence electrons. The van der Waals surface area contributed by atoms with Gasteiger partial charge in [0.05, 0.1) is 19.2 Å². The molecule has 0 radical (unpaired) electrons. The molecule has 2 aromatic rings. The van der Waals surface area contributed by atoms with Gasteiger partial charge in [-0.3, -0.25) is 4.98 Å². The summed E-state index contributed by atoms with van der Waals surface area (Å²) in [5.41, 5.74) is 3.38. The van der Waals surface area contributed by atoms with Crippen LogP contribution in [0, 0.1) is 0 Å². The summed E-state index contributed by atoms with van der Waals surface area (Å²) in [5, 5.41) is 3.15. The Morgan fingerprint density at radius 1 is 1.38 bits per heavy atom. The van der Waals surface area contributed by atoms with Gasteiger partial charge in [0.2, 0.25) is 0 Å². The molecule has 1 N–H and O–H groups in total. The second kappa shape index (κ2) is 6.91. The first-order chi connectivity index (χ1) is 11.6. The number of hydrogen-bond donors (Lipinski definition) is 1. The second-order valence-electron chi connectivity index (χ2n) is 6.14. The first kappa shape index (κ1) is 16.3. The number of rotatable bonds is 4. The molecule has 1 aliphatic carbocycles. The zero-order chi connectivity index (χ0) is 17.1. The maximum Gasteiger partial charge on any atom is 0.318 e. The van der Waals surface area contributed by atoms with Gasteiger partial charge in [-0.1, -0.05) is 18.2 Å². The van der Waals surface area contributed by atoms with Gasteiger partial charge < -0.3 is 15.0 Å². The van der Waals surface area contributed by atoms with Crippen molar-refractivity contribution in [2.24, 2.45) is 0 Å². The lowest BCUT2D eigenvalue weighted by Gasteiger charge is -2.27. The highest BCUT2D eigenvalue weighted by Gasteiger charge is 2.28. The van der Waals surface area contributed by atoms with Gasteiger partial charge in [-0.05, 0) is 48.6 Å². The molecule has 5 heteroatoms. The SMILES string of the molecule is COc1cccc2c1CC[C@H]2NC(=O)N(C)[C@@H](C)c1cccnc1. The zero-order valence-electron chi connectivity index (χ0n) is 14.3. The third-order valence-corrected chi connectivity index (χ3v) is 4.81. The third kappa shape index (κ3) is 3.07. The van der Waals surface area contributed by atoms with E-state index in [1.54, 1.807) is 24.4 Å². The van der Waals surface area contributed by atoms with Gasteiger partial charge in [-0.15, -0.1) is 0 Å². The lowest BCUT2D eigenvalue weighted by Crippen LogP contribution is -2.40. The highest BCUT2D eigenvalue weighted by molar-refractivity contribution is 5.75. The van der Waals surface area contributed by atoms with E-state index < -0.39 is 0 Å². The van der Waals surface area contributed by atoms with Crippen molar-refractivity contribution < 1.29 is 9.53 Å². The lowest BCUT2D eigenvalue weighted by atomic mass is 10.1. The smallest absolute Gasteiger partial charge is 0.318 e. The predicted molar refractivity (Wildman–Crippen MR) is 93.0 cm³/mol. The maximum atomic E-state index is 12.6. The summed E-state index contributed by atoms with van der Waals surface area (Å²) < 4.78 is 5.42. The first-order valence-corrected chi connectivity index (χ1v) is 8.21. The van der Waals surface area contributed by atoms with E-state index in [-0.39, 0.29) is 18.1 Å². The second-order valence-corrected chi connectivity index (χ2v) is 6.14. The number of ether oxygens (including phenoxy) is 1. The number of nitrogens with zero attached hydrogens (tertiary/aromatic N) is 2. The third-order valence-electron chi connectivity index (χ3n) is 4.81. The fourth-order valence-electron chi connectivity index (χ4n) is 3.24. The summed E-state index contributed by atoms with van der Waals surface area (Å²) in [6, 6.07) is 9.81. The Morgan fingerprint density at radius 3 is 2.92 bits per heavy atom. The van der Waals surface area contributed by atoms with E-state index in [2.05, 4.69) is 16.4 Å². The number of hydrogen-bond acceptors (Lipinski definition) is 3. The van der Waals surface area contributed by atoms with Crippen molar-refractivity contribution in [1.29, 1.82) is 0 Å². The number of carbonyl (C=O) groups is 1. The van der Waals surface area contributed by atoms with Crippen molar-refractivity contribution in [1.82, 2.24) is 15.2 Å². The Kier molecular flexibility index (Phi) is 4.69. The number of amides is 2. The van der Waals surface area contributed by atoms with Crippen LogP contribution in [-0.2, 0) is 6.42 Å². The van der Waals surface area contributed by atoms with Crippen LogP contribution in [-0.4, -0.2) is 30.1 Å². The molecule has 5 nitrogen and oxygen atoms in total. The van der Waals surface area contributed by atoms with Gasteiger partial charge in [0.1, 0.15) is 5.75 Å². The first-order valence-electron chi connectivity index (χ1n) is 8.21. The minimum absolute atomic E-state index is 0.0335. The molecule has 2 amide bonds. The lowest BCUT2D eigenvalue weighted by molar-refractivity contribution is 0.190. The largest absolute Gasteiger partial charge is 0.496 e. The van der Waals surface area contributed by atoms with Gasteiger partial charge in [0.25, 0.3) is 0 Å². The Balaban J connectivity index is 1.71. The molecule has 0 saturated carbocycles. The zero-order valence-corrected chi connectivity index (χ0v) is 14.3. The van der Waals surface area contributed by atoms with Crippen LogP contribution in [0.3, 0.4) is 0 Å². The summed E-state index contributed by atoms with van der Waals surface area (Å²) in [7, 11) is 3.50. The molecule has 0 aliphatic heterocycles. The van der Waals surface area contributed by atoms with E-state index in [0.717, 1.165) is 29.7 Å². The Bertz CT molecular complexity index is 718. The van der Waals surface area contributed by atoms with Crippen LogP contribution in [0.25, 0.3) is 0 Å². The number of nitrogens with one attached hydrogen (secondary N) is 1. The van der Waals surface area contributed by atoms with Crippen LogP contribution in [0.4, 0.5) is 4.79 Å². The average Bonchev–Trinajstić information content (AvgIpc) is 3.04. The molecular formula is C19H23N3O2. The van der Waals surface area contributed by atoms with Crippen molar-refractivity contribution in [3.05, 3.63) is 59.4 Å². The Hall–Kier alpha value is -2.56. The minimum atomic E-state index is -0.0768. The van der Waals surface area contributed by atoms with Crippen LogP contribution >= 0.6 is 0 Å². The van der Waals surface area contributed by atoms with Gasteiger partial charge in [-0.2, -0.15) is 0 Å². The van der Waals surface area contributed by atoms with Crippen LogP contribution < -0.4 is 10.1 Å². The van der Waals surface area contributed by atoms with Gasteiger partial charge in [-0.25, -0.2) is 4.79 Å². The molecular weight excluding hydrogens is 302 g/mol. The summed E-state index contributed by atoms with van der Waals surface area (Å²) in [6.45, 7) is 2.00. The van der Waals surface area contributed by atoms with E-state index in [4.69, 9.17) is 4.74 Å². The standard InChI is InChI=1S/C19H23N3O2/c1-13(14-6-5-11-20-12-14)22(2)19(23)21-17-10-9-16-15(17)7-4-8-18(16)24-3/h4-8,11-13,17H,9-10H2,1-3H3,(H,21,23)/t13-,17+/m0/s1.